The number of aliphatic imine (C=N–C) groups is 1. The maximum absolute atomic E-state index is 4.36. The molecule has 0 aliphatic rings. The summed E-state index contributed by atoms with van der Waals surface area (Å²) in [5.41, 5.74) is 1.99. The fraction of sp³-hybridized carbons (Fsp3) is 0. The quantitative estimate of drug-likeness (QED) is 0.586. The molecule has 2 rings (SSSR count). The molecule has 0 atom stereocenters. The minimum atomic E-state index is 0.924. The van der Waals surface area contributed by atoms with Crippen LogP contribution in [0.25, 0.3) is 0 Å². The molecular formula is C13H11NS2. The molecule has 0 radical (unpaired) electrons. The molecule has 0 unspecified atom stereocenters. The van der Waals surface area contributed by atoms with E-state index >= 15 is 0 Å². The lowest BCUT2D eigenvalue weighted by Gasteiger charge is -1.95. The molecule has 0 aliphatic carbocycles. The van der Waals surface area contributed by atoms with Gasteiger partial charge in [0.2, 0.25) is 0 Å². The van der Waals surface area contributed by atoms with E-state index in [0.29, 0.717) is 0 Å². The molecule has 0 saturated carbocycles. The number of nitrogens with zero attached hydrogens (tertiary/aromatic N) is 1. The molecule has 3 heteroatoms. The van der Waals surface area contributed by atoms with E-state index in [9.17, 15) is 0 Å². The van der Waals surface area contributed by atoms with E-state index in [1.807, 2.05) is 54.7 Å². The van der Waals surface area contributed by atoms with Crippen LogP contribution in [0.4, 0.5) is 5.69 Å². The highest BCUT2D eigenvalue weighted by atomic mass is 32.1. The molecule has 0 saturated heterocycles. The van der Waals surface area contributed by atoms with Crippen molar-refractivity contribution in [3.05, 3.63) is 54.1 Å². The zero-order valence-electron chi connectivity index (χ0n) is 8.54. The highest BCUT2D eigenvalue weighted by Gasteiger charge is 1.90. The van der Waals surface area contributed by atoms with Gasteiger partial charge in [0.25, 0.3) is 0 Å². The summed E-state index contributed by atoms with van der Waals surface area (Å²) < 4.78 is 0. The molecule has 80 valence electrons. The Kier molecular flexibility index (Phi) is 3.70. The van der Waals surface area contributed by atoms with Crippen molar-refractivity contribution in [2.24, 2.45) is 4.99 Å². The Morgan fingerprint density at radius 1 is 0.750 bits per heavy atom. The van der Waals surface area contributed by atoms with Gasteiger partial charge in [-0.1, -0.05) is 12.1 Å². The first-order valence-corrected chi connectivity index (χ1v) is 5.75. The average Bonchev–Trinajstić information content (AvgIpc) is 2.30. The van der Waals surface area contributed by atoms with E-state index in [1.54, 1.807) is 0 Å². The lowest BCUT2D eigenvalue weighted by molar-refractivity contribution is 1.42. The second kappa shape index (κ2) is 5.23. The topological polar surface area (TPSA) is 12.4 Å². The van der Waals surface area contributed by atoms with Crippen molar-refractivity contribution in [3.63, 3.8) is 0 Å². The van der Waals surface area contributed by atoms with Gasteiger partial charge in [0.1, 0.15) is 0 Å². The summed E-state index contributed by atoms with van der Waals surface area (Å²) in [6, 6.07) is 15.6. The summed E-state index contributed by atoms with van der Waals surface area (Å²) in [4.78, 5) is 6.26. The highest BCUT2D eigenvalue weighted by molar-refractivity contribution is 7.80. The third-order valence-corrected chi connectivity index (χ3v) is 2.70. The van der Waals surface area contributed by atoms with Gasteiger partial charge in [-0.2, -0.15) is 0 Å². The fourth-order valence-electron chi connectivity index (χ4n) is 1.25. The third kappa shape index (κ3) is 3.15. The summed E-state index contributed by atoms with van der Waals surface area (Å²) in [5.74, 6) is 0. The average molecular weight is 245 g/mol. The zero-order chi connectivity index (χ0) is 11.4. The molecule has 2 aromatic carbocycles. The minimum absolute atomic E-state index is 0.924. The Bertz CT molecular complexity index is 439. The van der Waals surface area contributed by atoms with Crippen LogP contribution in [0.1, 0.15) is 5.56 Å². The number of hydrogen-bond donors (Lipinski definition) is 2. The van der Waals surface area contributed by atoms with E-state index < -0.39 is 0 Å². The predicted octanol–water partition coefficient (Wildman–Crippen LogP) is 4.01. The maximum atomic E-state index is 4.36. The van der Waals surface area contributed by atoms with Crippen molar-refractivity contribution in [3.8, 4) is 0 Å². The lowest BCUT2D eigenvalue weighted by atomic mass is 10.2. The second-order valence-corrected chi connectivity index (χ2v) is 4.40. The van der Waals surface area contributed by atoms with Crippen LogP contribution in [0.15, 0.2) is 63.3 Å². The van der Waals surface area contributed by atoms with Gasteiger partial charge in [0.05, 0.1) is 5.69 Å². The molecule has 0 bridgehead atoms. The van der Waals surface area contributed by atoms with E-state index in [4.69, 9.17) is 0 Å². The molecule has 1 nitrogen and oxygen atoms in total. The summed E-state index contributed by atoms with van der Waals surface area (Å²) in [7, 11) is 0. The van der Waals surface area contributed by atoms with Crippen LogP contribution in [0.5, 0.6) is 0 Å². The van der Waals surface area contributed by atoms with Gasteiger partial charge in [-0.15, -0.1) is 25.3 Å². The number of benzene rings is 2. The first-order chi connectivity index (χ1) is 7.74. The van der Waals surface area contributed by atoms with Crippen LogP contribution in [-0.4, -0.2) is 6.21 Å². The van der Waals surface area contributed by atoms with Crippen LogP contribution >= 0.6 is 25.3 Å². The smallest absolute Gasteiger partial charge is 0.0630 e. The minimum Gasteiger partial charge on any atom is -0.256 e. The van der Waals surface area contributed by atoms with Gasteiger partial charge in [-0.25, -0.2) is 0 Å². The fourth-order valence-corrected chi connectivity index (χ4v) is 1.55. The molecule has 0 aromatic heterocycles. The van der Waals surface area contributed by atoms with Crippen molar-refractivity contribution < 1.29 is 0 Å². The summed E-state index contributed by atoms with van der Waals surface area (Å²) in [6.45, 7) is 0. The molecule has 0 spiro atoms. The SMILES string of the molecule is Sc1ccc(C=Nc2ccc(S)cc2)cc1. The number of thiol groups is 2. The predicted molar refractivity (Wildman–Crippen MR) is 74.6 cm³/mol. The largest absolute Gasteiger partial charge is 0.256 e. The Hall–Kier alpha value is -1.19. The van der Waals surface area contributed by atoms with Gasteiger partial charge in [-0.3, -0.25) is 4.99 Å². The van der Waals surface area contributed by atoms with E-state index in [1.165, 1.54) is 0 Å². The Morgan fingerprint density at radius 3 is 1.81 bits per heavy atom. The molecule has 2 aromatic rings. The molecule has 0 fully saturated rings. The first kappa shape index (κ1) is 11.3. The molecule has 0 heterocycles. The molecule has 0 N–H and O–H groups in total. The normalized spacial score (nSPS) is 10.9. The third-order valence-electron chi connectivity index (χ3n) is 2.11. The number of rotatable bonds is 2. The maximum Gasteiger partial charge on any atom is 0.0630 e. The van der Waals surface area contributed by atoms with Gasteiger partial charge in [-0.05, 0) is 42.0 Å². The summed E-state index contributed by atoms with van der Waals surface area (Å²) in [6.07, 6.45) is 1.83. The van der Waals surface area contributed by atoms with Crippen molar-refractivity contribution in [2.45, 2.75) is 9.79 Å². The van der Waals surface area contributed by atoms with Crippen LogP contribution in [0.2, 0.25) is 0 Å². The molecule has 0 amide bonds. The van der Waals surface area contributed by atoms with Crippen LogP contribution < -0.4 is 0 Å². The Balaban J connectivity index is 2.15. The molecule has 0 aliphatic heterocycles. The van der Waals surface area contributed by atoms with Crippen molar-refractivity contribution in [1.82, 2.24) is 0 Å². The first-order valence-electron chi connectivity index (χ1n) is 4.86. The molecular weight excluding hydrogens is 234 g/mol. The van der Waals surface area contributed by atoms with Gasteiger partial charge in [0.15, 0.2) is 0 Å². The Labute approximate surface area is 106 Å². The van der Waals surface area contributed by atoms with E-state index in [0.717, 1.165) is 21.0 Å². The van der Waals surface area contributed by atoms with Crippen molar-refractivity contribution in [2.75, 3.05) is 0 Å². The van der Waals surface area contributed by atoms with Crippen LogP contribution in [-0.2, 0) is 0 Å². The summed E-state index contributed by atoms with van der Waals surface area (Å²) in [5, 5.41) is 0. The standard InChI is InChI=1S/C13H11NS2/c15-12-5-1-10(2-6-12)9-14-11-3-7-13(16)8-4-11/h1-9,15-16H. The van der Waals surface area contributed by atoms with Crippen LogP contribution in [0, 0.1) is 0 Å². The van der Waals surface area contributed by atoms with Gasteiger partial charge >= 0.3 is 0 Å². The monoisotopic (exact) mass is 245 g/mol. The van der Waals surface area contributed by atoms with Crippen LogP contribution in [0.3, 0.4) is 0 Å². The van der Waals surface area contributed by atoms with Crippen molar-refractivity contribution in [1.29, 1.82) is 0 Å². The summed E-state index contributed by atoms with van der Waals surface area (Å²) >= 11 is 8.45. The Morgan fingerprint density at radius 2 is 1.25 bits per heavy atom. The van der Waals surface area contributed by atoms with Gasteiger partial charge in [0, 0.05) is 16.0 Å². The molecule has 16 heavy (non-hydrogen) atoms. The lowest BCUT2D eigenvalue weighted by Crippen LogP contribution is -1.79. The highest BCUT2D eigenvalue weighted by Crippen LogP contribution is 2.15. The number of hydrogen-bond acceptors (Lipinski definition) is 3. The zero-order valence-corrected chi connectivity index (χ0v) is 10.3. The van der Waals surface area contributed by atoms with E-state index in [2.05, 4.69) is 30.2 Å². The van der Waals surface area contributed by atoms with Crippen molar-refractivity contribution >= 4 is 37.2 Å². The van der Waals surface area contributed by atoms with Gasteiger partial charge < -0.3 is 0 Å². The second-order valence-electron chi connectivity index (χ2n) is 3.37. The van der Waals surface area contributed by atoms with E-state index in [-0.39, 0.29) is 0 Å².